The molecule has 1 saturated heterocycles. The van der Waals surface area contributed by atoms with Gasteiger partial charge in [-0.05, 0) is 55.0 Å². The fourth-order valence-corrected chi connectivity index (χ4v) is 3.85. The Morgan fingerprint density at radius 2 is 1.96 bits per heavy atom. The van der Waals surface area contributed by atoms with Crippen LogP contribution in [0.5, 0.6) is 0 Å². The Hall–Kier alpha value is -1.17. The number of carbonyl (C=O) groups excluding carboxylic acids is 1. The summed E-state index contributed by atoms with van der Waals surface area (Å²) in [4.78, 5) is 16.4. The van der Waals surface area contributed by atoms with Gasteiger partial charge in [0.1, 0.15) is 0 Å². The molecule has 0 atom stereocenters. The second-order valence-electron chi connectivity index (χ2n) is 5.68. The predicted octanol–water partition coefficient (Wildman–Crippen LogP) is 4.37. The van der Waals surface area contributed by atoms with Crippen LogP contribution >= 0.6 is 27.3 Å². The van der Waals surface area contributed by atoms with Crippen molar-refractivity contribution in [3.8, 4) is 0 Å². The van der Waals surface area contributed by atoms with Gasteiger partial charge in [-0.3, -0.25) is 4.79 Å². The van der Waals surface area contributed by atoms with Gasteiger partial charge in [-0.15, -0.1) is 11.3 Å². The van der Waals surface area contributed by atoms with E-state index in [2.05, 4.69) is 33.4 Å². The third kappa shape index (κ3) is 4.43. The van der Waals surface area contributed by atoms with E-state index in [-0.39, 0.29) is 11.9 Å². The average molecular weight is 394 g/mol. The van der Waals surface area contributed by atoms with Crippen LogP contribution in [0.3, 0.4) is 0 Å². The number of hydrogen-bond acceptors (Lipinski definition) is 3. The Kier molecular flexibility index (Phi) is 5.86. The van der Waals surface area contributed by atoms with Gasteiger partial charge in [0.05, 0.1) is 0 Å². The molecule has 0 spiro atoms. The lowest BCUT2D eigenvalue weighted by atomic mass is 10.0. The average Bonchev–Trinajstić information content (AvgIpc) is 3.10. The Bertz CT molecular complexity index is 621. The number of rotatable bonds is 5. The van der Waals surface area contributed by atoms with Crippen LogP contribution in [0.4, 0.5) is 0 Å². The minimum absolute atomic E-state index is 0.126. The lowest BCUT2D eigenvalue weighted by Gasteiger charge is -2.34. The molecule has 1 aliphatic rings. The number of ether oxygens (including phenoxy) is 1. The van der Waals surface area contributed by atoms with E-state index in [0.717, 1.165) is 49.1 Å². The van der Waals surface area contributed by atoms with E-state index >= 15 is 0 Å². The topological polar surface area (TPSA) is 29.5 Å². The van der Waals surface area contributed by atoms with Gasteiger partial charge in [0.2, 0.25) is 0 Å². The fourth-order valence-electron chi connectivity index (χ4n) is 2.89. The molecule has 2 heterocycles. The molecular weight excluding hydrogens is 374 g/mol. The Balaban J connectivity index is 1.75. The van der Waals surface area contributed by atoms with E-state index in [1.807, 2.05) is 29.2 Å². The van der Waals surface area contributed by atoms with Crippen LogP contribution in [0.15, 0.2) is 46.3 Å². The summed E-state index contributed by atoms with van der Waals surface area (Å²) in [5.41, 5.74) is 0.755. The smallest absolute Gasteiger partial charge is 0.254 e. The zero-order valence-electron chi connectivity index (χ0n) is 12.9. The molecule has 0 unspecified atom stereocenters. The zero-order chi connectivity index (χ0) is 16.1. The number of hydrogen-bond donors (Lipinski definition) is 0. The summed E-state index contributed by atoms with van der Waals surface area (Å²) in [5, 5.41) is 2.09. The van der Waals surface area contributed by atoms with E-state index in [1.54, 1.807) is 11.3 Å². The Morgan fingerprint density at radius 3 is 2.61 bits per heavy atom. The van der Waals surface area contributed by atoms with E-state index in [1.165, 1.54) is 4.88 Å². The van der Waals surface area contributed by atoms with Crippen LogP contribution in [0, 0.1) is 0 Å². The maximum atomic E-state index is 13.0. The van der Waals surface area contributed by atoms with Gasteiger partial charge in [-0.2, -0.15) is 0 Å². The number of amides is 1. The third-order valence-electron chi connectivity index (χ3n) is 4.16. The molecule has 0 radical (unpaired) electrons. The maximum absolute atomic E-state index is 13.0. The van der Waals surface area contributed by atoms with Crippen LogP contribution in [-0.2, 0) is 11.2 Å². The predicted molar refractivity (Wildman–Crippen MR) is 97.0 cm³/mol. The summed E-state index contributed by atoms with van der Waals surface area (Å²) >= 11 is 5.18. The maximum Gasteiger partial charge on any atom is 0.254 e. The molecular formula is C18H20BrNO2S. The first-order valence-electron chi connectivity index (χ1n) is 7.91. The molecule has 23 heavy (non-hydrogen) atoms. The third-order valence-corrected chi connectivity index (χ3v) is 5.63. The number of thiophene rings is 1. The molecule has 5 heteroatoms. The molecule has 122 valence electrons. The number of benzene rings is 1. The van der Waals surface area contributed by atoms with Crippen molar-refractivity contribution < 1.29 is 9.53 Å². The van der Waals surface area contributed by atoms with E-state index in [9.17, 15) is 4.79 Å². The van der Waals surface area contributed by atoms with Crippen LogP contribution in [0.1, 0.15) is 28.1 Å². The van der Waals surface area contributed by atoms with Crippen molar-refractivity contribution in [2.45, 2.75) is 25.3 Å². The van der Waals surface area contributed by atoms with Gasteiger partial charge in [0.15, 0.2) is 0 Å². The van der Waals surface area contributed by atoms with Crippen molar-refractivity contribution in [3.63, 3.8) is 0 Å². The second-order valence-corrected chi connectivity index (χ2v) is 7.63. The molecule has 3 rings (SSSR count). The van der Waals surface area contributed by atoms with Gasteiger partial charge in [-0.25, -0.2) is 0 Å². The number of carbonyl (C=O) groups is 1. The summed E-state index contributed by atoms with van der Waals surface area (Å²) in [6, 6.07) is 12.1. The van der Waals surface area contributed by atoms with Gasteiger partial charge in [0.25, 0.3) is 5.91 Å². The van der Waals surface area contributed by atoms with Crippen molar-refractivity contribution in [1.82, 2.24) is 4.90 Å². The lowest BCUT2D eigenvalue weighted by Crippen LogP contribution is -2.44. The first-order chi connectivity index (χ1) is 11.2. The minimum atomic E-state index is 0.126. The Morgan fingerprint density at radius 1 is 1.22 bits per heavy atom. The van der Waals surface area contributed by atoms with Crippen molar-refractivity contribution in [1.29, 1.82) is 0 Å². The quantitative estimate of drug-likeness (QED) is 0.754. The highest BCUT2D eigenvalue weighted by molar-refractivity contribution is 9.10. The van der Waals surface area contributed by atoms with Crippen LogP contribution in [-0.4, -0.2) is 36.6 Å². The van der Waals surface area contributed by atoms with E-state index < -0.39 is 0 Å². The summed E-state index contributed by atoms with van der Waals surface area (Å²) in [7, 11) is 0. The molecule has 1 aromatic heterocycles. The molecule has 1 fully saturated rings. The molecule has 1 amide bonds. The van der Waals surface area contributed by atoms with Crippen LogP contribution < -0.4 is 0 Å². The normalized spacial score (nSPS) is 15.5. The summed E-state index contributed by atoms with van der Waals surface area (Å²) in [6.07, 6.45) is 2.76. The van der Waals surface area contributed by atoms with Crippen LogP contribution in [0.25, 0.3) is 0 Å². The van der Waals surface area contributed by atoms with Gasteiger partial charge in [-0.1, -0.05) is 22.0 Å². The summed E-state index contributed by atoms with van der Waals surface area (Å²) in [5.74, 6) is 0.126. The fraction of sp³-hybridized carbons (Fsp3) is 0.389. The molecule has 0 N–H and O–H groups in total. The zero-order valence-corrected chi connectivity index (χ0v) is 15.3. The minimum Gasteiger partial charge on any atom is -0.381 e. The van der Waals surface area contributed by atoms with Crippen molar-refractivity contribution in [2.75, 3.05) is 19.8 Å². The second kappa shape index (κ2) is 8.08. The highest BCUT2D eigenvalue weighted by atomic mass is 79.9. The molecule has 0 bridgehead atoms. The van der Waals surface area contributed by atoms with Gasteiger partial charge in [0, 0.05) is 40.7 Å². The summed E-state index contributed by atoms with van der Waals surface area (Å²) in [6.45, 7) is 2.25. The molecule has 0 aliphatic carbocycles. The van der Waals surface area contributed by atoms with E-state index in [4.69, 9.17) is 4.74 Å². The van der Waals surface area contributed by atoms with Crippen molar-refractivity contribution >= 4 is 33.2 Å². The lowest BCUT2D eigenvalue weighted by molar-refractivity contribution is 0.0294. The number of nitrogens with zero attached hydrogens (tertiary/aromatic N) is 1. The molecule has 0 saturated carbocycles. The highest BCUT2D eigenvalue weighted by Crippen LogP contribution is 2.20. The monoisotopic (exact) mass is 393 g/mol. The Labute approximate surface area is 149 Å². The number of halogens is 1. The molecule has 2 aromatic rings. The van der Waals surface area contributed by atoms with Gasteiger partial charge >= 0.3 is 0 Å². The SMILES string of the molecule is O=C(c1ccc(Br)cc1)N(CCc1cccs1)C1CCOCC1. The molecule has 3 nitrogen and oxygen atoms in total. The van der Waals surface area contributed by atoms with Gasteiger partial charge < -0.3 is 9.64 Å². The molecule has 1 aliphatic heterocycles. The van der Waals surface area contributed by atoms with Crippen molar-refractivity contribution in [2.24, 2.45) is 0 Å². The molecule has 1 aromatic carbocycles. The van der Waals surface area contributed by atoms with Crippen molar-refractivity contribution in [3.05, 3.63) is 56.7 Å². The standard InChI is InChI=1S/C18H20BrNO2S/c19-15-5-3-14(4-6-15)18(21)20(16-8-11-22-12-9-16)10-7-17-2-1-13-23-17/h1-6,13,16H,7-12H2. The first-order valence-corrected chi connectivity index (χ1v) is 9.58. The largest absolute Gasteiger partial charge is 0.381 e. The van der Waals surface area contributed by atoms with E-state index in [0.29, 0.717) is 0 Å². The first kappa shape index (κ1) is 16.7. The van der Waals surface area contributed by atoms with Crippen LogP contribution in [0.2, 0.25) is 0 Å². The highest BCUT2D eigenvalue weighted by Gasteiger charge is 2.26. The summed E-state index contributed by atoms with van der Waals surface area (Å²) < 4.78 is 6.45.